The van der Waals surface area contributed by atoms with Crippen molar-refractivity contribution in [1.29, 1.82) is 0 Å². The molecule has 2 fully saturated rings. The zero-order valence-corrected chi connectivity index (χ0v) is 12.3. The van der Waals surface area contributed by atoms with Gasteiger partial charge < -0.3 is 20.6 Å². The molecule has 1 aliphatic carbocycles. The van der Waals surface area contributed by atoms with Crippen molar-refractivity contribution in [3.8, 4) is 0 Å². The molecule has 1 saturated heterocycles. The summed E-state index contributed by atoms with van der Waals surface area (Å²) in [7, 11) is 4.00. The van der Waals surface area contributed by atoms with Crippen LogP contribution in [-0.2, 0) is 9.59 Å². The molecular weight excluding hydrogens is 258 g/mol. The van der Waals surface area contributed by atoms with Gasteiger partial charge >= 0.3 is 0 Å². The van der Waals surface area contributed by atoms with Crippen LogP contribution in [-0.4, -0.2) is 67.1 Å². The van der Waals surface area contributed by atoms with Crippen LogP contribution in [0.2, 0.25) is 0 Å². The molecule has 0 aromatic rings. The van der Waals surface area contributed by atoms with Gasteiger partial charge in [-0.1, -0.05) is 0 Å². The molecule has 1 saturated carbocycles. The smallest absolute Gasteiger partial charge is 0.238 e. The quantitative estimate of drug-likeness (QED) is 0.651. The summed E-state index contributed by atoms with van der Waals surface area (Å²) in [6.45, 7) is 2.15. The van der Waals surface area contributed by atoms with Gasteiger partial charge in [-0.2, -0.15) is 0 Å². The summed E-state index contributed by atoms with van der Waals surface area (Å²) in [4.78, 5) is 27.9. The lowest BCUT2D eigenvalue weighted by Gasteiger charge is -2.39. The van der Waals surface area contributed by atoms with Gasteiger partial charge in [0, 0.05) is 26.2 Å². The molecule has 3 N–H and O–H groups in total. The number of nitrogens with zero attached hydrogens (tertiary/aromatic N) is 2. The Morgan fingerprint density at radius 3 is 2.35 bits per heavy atom. The Balaban J connectivity index is 2.06. The Morgan fingerprint density at radius 1 is 1.30 bits per heavy atom. The second kappa shape index (κ2) is 5.69. The number of rotatable bonds is 5. The van der Waals surface area contributed by atoms with Gasteiger partial charge in [0.25, 0.3) is 0 Å². The van der Waals surface area contributed by atoms with Gasteiger partial charge in [-0.3, -0.25) is 9.59 Å². The maximum Gasteiger partial charge on any atom is 0.238 e. The van der Waals surface area contributed by atoms with Crippen LogP contribution in [0.15, 0.2) is 0 Å². The Kier molecular flexibility index (Phi) is 4.34. The lowest BCUT2D eigenvalue weighted by atomic mass is 9.88. The number of piperidine rings is 1. The summed E-state index contributed by atoms with van der Waals surface area (Å²) >= 11 is 0. The van der Waals surface area contributed by atoms with Gasteiger partial charge in [0.1, 0.15) is 5.41 Å². The summed E-state index contributed by atoms with van der Waals surface area (Å²) in [6, 6.07) is 0. The van der Waals surface area contributed by atoms with Crippen LogP contribution in [0.1, 0.15) is 19.3 Å². The number of hydrogen-bond donors (Lipinski definition) is 2. The lowest BCUT2D eigenvalue weighted by Crippen LogP contribution is -2.51. The number of nitrogens with two attached hydrogens (primary N) is 1. The molecule has 6 heteroatoms. The molecule has 0 radical (unpaired) electrons. The Labute approximate surface area is 119 Å². The van der Waals surface area contributed by atoms with E-state index in [2.05, 4.69) is 4.90 Å². The standard InChI is InChI=1S/C14H25N3O3/c1-16(2)6-10-5-11(9-18)8-17(7-10)13(20)14(3-4-14)12(15)19/h10-11,18H,3-9H2,1-2H3,(H2,15,19)/t10-,11-/m0/s1. The highest BCUT2D eigenvalue weighted by molar-refractivity contribution is 6.07. The van der Waals surface area contributed by atoms with Crippen molar-refractivity contribution in [1.82, 2.24) is 9.80 Å². The van der Waals surface area contributed by atoms with Gasteiger partial charge in [0.05, 0.1) is 0 Å². The van der Waals surface area contributed by atoms with Crippen molar-refractivity contribution in [2.45, 2.75) is 19.3 Å². The molecule has 6 nitrogen and oxygen atoms in total. The molecule has 2 amide bonds. The molecule has 2 atom stereocenters. The van der Waals surface area contributed by atoms with Crippen LogP contribution in [0.3, 0.4) is 0 Å². The number of carbonyl (C=O) groups is 2. The second-order valence-electron chi connectivity index (χ2n) is 6.57. The summed E-state index contributed by atoms with van der Waals surface area (Å²) in [6.07, 6.45) is 2.06. The topological polar surface area (TPSA) is 86.9 Å². The largest absolute Gasteiger partial charge is 0.396 e. The summed E-state index contributed by atoms with van der Waals surface area (Å²) in [5, 5.41) is 9.43. The summed E-state index contributed by atoms with van der Waals surface area (Å²) < 4.78 is 0. The van der Waals surface area contributed by atoms with Crippen molar-refractivity contribution >= 4 is 11.8 Å². The lowest BCUT2D eigenvalue weighted by molar-refractivity contribution is -0.145. The minimum atomic E-state index is -0.944. The number of aliphatic hydroxyl groups is 1. The third-order valence-corrected chi connectivity index (χ3v) is 4.42. The van der Waals surface area contributed by atoms with E-state index >= 15 is 0 Å². The first kappa shape index (κ1) is 15.3. The number of carbonyl (C=O) groups excluding carboxylic acids is 2. The molecule has 2 rings (SSSR count). The van der Waals surface area contributed by atoms with E-state index in [0.717, 1.165) is 13.0 Å². The highest BCUT2D eigenvalue weighted by Gasteiger charge is 2.57. The van der Waals surface area contributed by atoms with E-state index in [1.165, 1.54) is 0 Å². The molecular formula is C14H25N3O3. The van der Waals surface area contributed by atoms with Gasteiger partial charge in [-0.25, -0.2) is 0 Å². The molecule has 114 valence electrons. The fourth-order valence-corrected chi connectivity index (χ4v) is 3.26. The molecule has 0 bridgehead atoms. The van der Waals surface area contributed by atoms with Crippen molar-refractivity contribution in [2.24, 2.45) is 23.0 Å². The Hall–Kier alpha value is -1.14. The van der Waals surface area contributed by atoms with Crippen molar-refractivity contribution in [2.75, 3.05) is 40.3 Å². The predicted octanol–water partition coefficient (Wildman–Crippen LogP) is -0.729. The number of likely N-dealkylation sites (tertiary alicyclic amines) is 1. The molecule has 0 spiro atoms. The van der Waals surface area contributed by atoms with Crippen molar-refractivity contribution in [3.63, 3.8) is 0 Å². The predicted molar refractivity (Wildman–Crippen MR) is 74.7 cm³/mol. The van der Waals surface area contributed by atoms with Gasteiger partial charge in [-0.15, -0.1) is 0 Å². The average Bonchev–Trinajstić information content (AvgIpc) is 3.18. The van der Waals surface area contributed by atoms with E-state index in [4.69, 9.17) is 5.73 Å². The van der Waals surface area contributed by atoms with E-state index in [1.807, 2.05) is 14.1 Å². The molecule has 0 unspecified atom stereocenters. The monoisotopic (exact) mass is 283 g/mol. The minimum Gasteiger partial charge on any atom is -0.396 e. The van der Waals surface area contributed by atoms with Crippen molar-refractivity contribution in [3.05, 3.63) is 0 Å². The van der Waals surface area contributed by atoms with Crippen LogP contribution >= 0.6 is 0 Å². The maximum absolute atomic E-state index is 12.5. The zero-order chi connectivity index (χ0) is 14.9. The maximum atomic E-state index is 12.5. The normalized spacial score (nSPS) is 28.5. The molecule has 1 aliphatic heterocycles. The van der Waals surface area contributed by atoms with Gasteiger partial charge in [0.15, 0.2) is 0 Å². The summed E-state index contributed by atoms with van der Waals surface area (Å²) in [5.74, 6) is -0.199. The van der Waals surface area contributed by atoms with E-state index in [1.54, 1.807) is 4.90 Å². The van der Waals surface area contributed by atoms with Crippen LogP contribution in [0.4, 0.5) is 0 Å². The Morgan fingerprint density at radius 2 is 1.90 bits per heavy atom. The van der Waals surface area contributed by atoms with Crippen LogP contribution in [0, 0.1) is 17.3 Å². The summed E-state index contributed by atoms with van der Waals surface area (Å²) in [5.41, 5.74) is 4.43. The van der Waals surface area contributed by atoms with Gasteiger partial charge in [-0.05, 0) is 45.2 Å². The average molecular weight is 283 g/mol. The molecule has 0 aromatic heterocycles. The molecule has 2 aliphatic rings. The number of primary amides is 1. The van der Waals surface area contributed by atoms with E-state index < -0.39 is 11.3 Å². The minimum absolute atomic E-state index is 0.0806. The van der Waals surface area contributed by atoms with E-state index in [9.17, 15) is 14.7 Å². The second-order valence-corrected chi connectivity index (χ2v) is 6.57. The van der Waals surface area contributed by atoms with Gasteiger partial charge in [0.2, 0.25) is 11.8 Å². The third kappa shape index (κ3) is 2.96. The van der Waals surface area contributed by atoms with Crippen LogP contribution in [0.25, 0.3) is 0 Å². The SMILES string of the molecule is CN(C)C[C@@H]1C[C@H](CO)CN(C(=O)C2(C(N)=O)CC2)C1. The number of amides is 2. The highest BCUT2D eigenvalue weighted by atomic mass is 16.3. The Bertz CT molecular complexity index is 393. The van der Waals surface area contributed by atoms with Crippen LogP contribution in [0.5, 0.6) is 0 Å². The number of hydrogen-bond acceptors (Lipinski definition) is 4. The molecule has 0 aromatic carbocycles. The third-order valence-electron chi connectivity index (χ3n) is 4.42. The first-order chi connectivity index (χ1) is 9.39. The van der Waals surface area contributed by atoms with Crippen LogP contribution < -0.4 is 5.73 Å². The van der Waals surface area contributed by atoms with Crippen molar-refractivity contribution < 1.29 is 14.7 Å². The first-order valence-corrected chi connectivity index (χ1v) is 7.24. The highest BCUT2D eigenvalue weighted by Crippen LogP contribution is 2.47. The number of aliphatic hydroxyl groups excluding tert-OH is 1. The van der Waals surface area contributed by atoms with E-state index in [0.29, 0.717) is 31.8 Å². The zero-order valence-electron chi connectivity index (χ0n) is 12.3. The fourth-order valence-electron chi connectivity index (χ4n) is 3.26. The van der Waals surface area contributed by atoms with E-state index in [-0.39, 0.29) is 18.4 Å². The first-order valence-electron chi connectivity index (χ1n) is 7.24. The molecule has 20 heavy (non-hydrogen) atoms. The fraction of sp³-hybridized carbons (Fsp3) is 0.857. The molecule has 1 heterocycles.